The van der Waals surface area contributed by atoms with Crippen LogP contribution in [0.15, 0.2) is 106 Å². The van der Waals surface area contributed by atoms with E-state index in [1.807, 2.05) is 85.8 Å². The normalized spacial score (nSPS) is 15.6. The lowest BCUT2D eigenvalue weighted by atomic mass is 9.95. The van der Waals surface area contributed by atoms with E-state index < -0.39 is 6.04 Å². The average molecular weight is 486 g/mol. The first-order valence-corrected chi connectivity index (χ1v) is 11.9. The highest BCUT2D eigenvalue weighted by Gasteiger charge is 2.32. The van der Waals surface area contributed by atoms with Gasteiger partial charge in [-0.1, -0.05) is 83.6 Å². The molecular weight excluding hydrogens is 466 g/mol. The van der Waals surface area contributed by atoms with Gasteiger partial charge in [-0.25, -0.2) is 4.99 Å². The Morgan fingerprint density at radius 3 is 2.32 bits per heavy atom. The zero-order valence-corrected chi connectivity index (χ0v) is 19.8. The minimum atomic E-state index is -0.589. The summed E-state index contributed by atoms with van der Waals surface area (Å²) in [6, 6.07) is 25.5. The maximum atomic E-state index is 13.6. The number of allylic oxidation sites excluding steroid dienone is 1. The first-order valence-electron chi connectivity index (χ1n) is 10.7. The molecule has 2 heterocycles. The first kappa shape index (κ1) is 22.1. The van der Waals surface area contributed by atoms with Crippen LogP contribution in [0.5, 0.6) is 0 Å². The SMILES string of the molecule is CC1=C(C(=O)Nc2ccccc2)C(c2ccccc2)n2c(s/c(=C/c3ccc(Cl)cc3)c2=O)=N1. The topological polar surface area (TPSA) is 63.5 Å². The Bertz CT molecular complexity index is 1570. The summed E-state index contributed by atoms with van der Waals surface area (Å²) < 4.78 is 2.16. The molecule has 0 saturated carbocycles. The van der Waals surface area contributed by atoms with Gasteiger partial charge in [-0.05, 0) is 48.4 Å². The highest BCUT2D eigenvalue weighted by molar-refractivity contribution is 7.07. The van der Waals surface area contributed by atoms with Gasteiger partial charge in [0.1, 0.15) is 0 Å². The average Bonchev–Trinajstić information content (AvgIpc) is 3.15. The quantitative estimate of drug-likeness (QED) is 0.461. The van der Waals surface area contributed by atoms with Gasteiger partial charge in [-0.15, -0.1) is 0 Å². The molecule has 1 atom stereocenters. The molecule has 1 amide bonds. The maximum Gasteiger partial charge on any atom is 0.271 e. The molecule has 4 aromatic rings. The summed E-state index contributed by atoms with van der Waals surface area (Å²) in [5, 5.41) is 3.59. The lowest BCUT2D eigenvalue weighted by Gasteiger charge is -2.25. The van der Waals surface area contributed by atoms with Crippen LogP contribution in [-0.4, -0.2) is 10.5 Å². The van der Waals surface area contributed by atoms with E-state index in [-0.39, 0.29) is 11.5 Å². The molecule has 1 aliphatic rings. The van der Waals surface area contributed by atoms with Gasteiger partial charge in [-0.3, -0.25) is 14.2 Å². The van der Waals surface area contributed by atoms with Crippen molar-refractivity contribution in [3.8, 4) is 0 Å². The molecule has 0 bridgehead atoms. The first-order chi connectivity index (χ1) is 16.5. The van der Waals surface area contributed by atoms with E-state index in [0.29, 0.717) is 31.3 Å². The molecule has 5 nitrogen and oxygen atoms in total. The van der Waals surface area contributed by atoms with Gasteiger partial charge < -0.3 is 5.32 Å². The highest BCUT2D eigenvalue weighted by atomic mass is 35.5. The standard InChI is InChI=1S/C27H20ClN3O2S/c1-17-23(25(32)30-21-10-6-3-7-11-21)24(19-8-4-2-5-9-19)31-26(33)22(34-27(31)29-17)16-18-12-14-20(28)15-13-18/h2-16,24H,1H3,(H,30,32)/b22-16+. The molecule has 5 rings (SSSR count). The fourth-order valence-electron chi connectivity index (χ4n) is 3.99. The number of para-hydroxylation sites is 1. The molecule has 1 aliphatic heterocycles. The highest BCUT2D eigenvalue weighted by Crippen LogP contribution is 2.30. The van der Waals surface area contributed by atoms with E-state index in [9.17, 15) is 9.59 Å². The van der Waals surface area contributed by atoms with Crippen molar-refractivity contribution in [1.82, 2.24) is 4.57 Å². The summed E-state index contributed by atoms with van der Waals surface area (Å²) in [7, 11) is 0. The van der Waals surface area contributed by atoms with Crippen molar-refractivity contribution in [3.05, 3.63) is 132 Å². The molecule has 168 valence electrons. The van der Waals surface area contributed by atoms with E-state index in [0.717, 1.165) is 11.1 Å². The van der Waals surface area contributed by atoms with Crippen LogP contribution in [0.4, 0.5) is 5.69 Å². The summed E-state index contributed by atoms with van der Waals surface area (Å²) in [4.78, 5) is 32.3. The monoisotopic (exact) mass is 485 g/mol. The number of fused-ring (bicyclic) bond motifs is 1. The van der Waals surface area contributed by atoms with Crippen LogP contribution in [0.3, 0.4) is 0 Å². The van der Waals surface area contributed by atoms with E-state index in [1.54, 1.807) is 16.7 Å². The maximum absolute atomic E-state index is 13.6. The van der Waals surface area contributed by atoms with Crippen LogP contribution >= 0.6 is 22.9 Å². The number of hydrogen-bond acceptors (Lipinski definition) is 4. The summed E-state index contributed by atoms with van der Waals surface area (Å²) in [5.41, 5.74) is 3.23. The van der Waals surface area contributed by atoms with Crippen molar-refractivity contribution in [2.75, 3.05) is 5.32 Å². The summed E-state index contributed by atoms with van der Waals surface area (Å²) in [5.74, 6) is -0.284. The Hall–Kier alpha value is -3.74. The molecule has 7 heteroatoms. The molecule has 1 aromatic heterocycles. The predicted molar refractivity (Wildman–Crippen MR) is 137 cm³/mol. The van der Waals surface area contributed by atoms with Gasteiger partial charge >= 0.3 is 0 Å². The number of thiazole rings is 1. The number of halogens is 1. The van der Waals surface area contributed by atoms with Crippen molar-refractivity contribution in [2.24, 2.45) is 4.99 Å². The number of aromatic nitrogens is 1. The van der Waals surface area contributed by atoms with E-state index >= 15 is 0 Å². The Balaban J connectivity index is 1.66. The fraction of sp³-hybridized carbons (Fsp3) is 0.0741. The molecular formula is C27H20ClN3O2S. The third kappa shape index (κ3) is 4.25. The van der Waals surface area contributed by atoms with Gasteiger partial charge in [0, 0.05) is 10.7 Å². The van der Waals surface area contributed by atoms with Crippen LogP contribution in [0, 0.1) is 0 Å². The number of carbonyl (C=O) groups is 1. The van der Waals surface area contributed by atoms with Gasteiger partial charge in [0.25, 0.3) is 11.5 Å². The van der Waals surface area contributed by atoms with Crippen LogP contribution in [0.25, 0.3) is 6.08 Å². The van der Waals surface area contributed by atoms with Gasteiger partial charge in [0.15, 0.2) is 4.80 Å². The summed E-state index contributed by atoms with van der Waals surface area (Å²) in [6.07, 6.45) is 1.82. The second kappa shape index (κ2) is 9.25. The van der Waals surface area contributed by atoms with Crippen molar-refractivity contribution >= 4 is 40.6 Å². The van der Waals surface area contributed by atoms with E-state index in [2.05, 4.69) is 10.3 Å². The molecule has 0 spiro atoms. The molecule has 3 aromatic carbocycles. The zero-order valence-electron chi connectivity index (χ0n) is 18.2. The Labute approximate surface area is 205 Å². The molecule has 0 fully saturated rings. The number of nitrogens with zero attached hydrogens (tertiary/aromatic N) is 2. The fourth-order valence-corrected chi connectivity index (χ4v) is 5.17. The van der Waals surface area contributed by atoms with E-state index in [1.165, 1.54) is 11.3 Å². The van der Waals surface area contributed by atoms with Crippen LogP contribution in [0.2, 0.25) is 5.02 Å². The number of anilines is 1. The van der Waals surface area contributed by atoms with Gasteiger partial charge in [0.05, 0.1) is 21.8 Å². The predicted octanol–water partition coefficient (Wildman–Crippen LogP) is 4.53. The zero-order chi connectivity index (χ0) is 23.7. The summed E-state index contributed by atoms with van der Waals surface area (Å²) in [6.45, 7) is 1.81. The van der Waals surface area contributed by atoms with Crippen molar-refractivity contribution in [2.45, 2.75) is 13.0 Å². The van der Waals surface area contributed by atoms with Crippen LogP contribution < -0.4 is 20.2 Å². The molecule has 1 N–H and O–H groups in total. The molecule has 34 heavy (non-hydrogen) atoms. The van der Waals surface area contributed by atoms with E-state index in [4.69, 9.17) is 11.6 Å². The number of hydrogen-bond donors (Lipinski definition) is 1. The minimum absolute atomic E-state index is 0.190. The number of amides is 1. The number of rotatable bonds is 4. The van der Waals surface area contributed by atoms with Crippen LogP contribution in [0.1, 0.15) is 24.1 Å². The third-order valence-corrected chi connectivity index (χ3v) is 6.82. The second-order valence-electron chi connectivity index (χ2n) is 7.86. The number of nitrogens with one attached hydrogen (secondary N) is 1. The molecule has 0 saturated heterocycles. The van der Waals surface area contributed by atoms with Crippen LogP contribution in [-0.2, 0) is 4.79 Å². The smallest absolute Gasteiger partial charge is 0.271 e. The number of carbonyl (C=O) groups excluding carboxylic acids is 1. The van der Waals surface area contributed by atoms with Crippen molar-refractivity contribution in [1.29, 1.82) is 0 Å². The second-order valence-corrected chi connectivity index (χ2v) is 9.31. The Morgan fingerprint density at radius 1 is 1.00 bits per heavy atom. The van der Waals surface area contributed by atoms with Crippen molar-refractivity contribution < 1.29 is 4.79 Å². The largest absolute Gasteiger partial charge is 0.322 e. The third-order valence-electron chi connectivity index (χ3n) is 5.58. The van der Waals surface area contributed by atoms with Crippen molar-refractivity contribution in [3.63, 3.8) is 0 Å². The lowest BCUT2D eigenvalue weighted by molar-refractivity contribution is -0.113. The molecule has 1 unspecified atom stereocenters. The molecule has 0 radical (unpaired) electrons. The number of benzene rings is 3. The van der Waals surface area contributed by atoms with Gasteiger partial charge in [0.2, 0.25) is 0 Å². The lowest BCUT2D eigenvalue weighted by Crippen LogP contribution is -2.40. The Kier molecular flexibility index (Phi) is 6.01. The summed E-state index contributed by atoms with van der Waals surface area (Å²) >= 11 is 7.31. The molecule has 0 aliphatic carbocycles. The Morgan fingerprint density at radius 2 is 1.65 bits per heavy atom. The minimum Gasteiger partial charge on any atom is -0.322 e. The van der Waals surface area contributed by atoms with Gasteiger partial charge in [-0.2, -0.15) is 0 Å².